The minimum atomic E-state index is -0.641. The minimum Gasteiger partial charge on any atom is -0.375 e. The van der Waals surface area contributed by atoms with E-state index < -0.39 is 5.95 Å². The molecule has 0 bridgehead atoms. The Balaban J connectivity index is 2.88. The monoisotopic (exact) mass is 203 g/mol. The van der Waals surface area contributed by atoms with Gasteiger partial charge in [0.1, 0.15) is 0 Å². The van der Waals surface area contributed by atoms with Crippen LogP contribution in [0.25, 0.3) is 10.3 Å². The number of fused-ring (bicyclic) bond motifs is 1. The van der Waals surface area contributed by atoms with Gasteiger partial charge < -0.3 is 5.73 Å². The van der Waals surface area contributed by atoms with E-state index in [0.29, 0.717) is 14.9 Å². The van der Waals surface area contributed by atoms with E-state index in [1.165, 1.54) is 11.3 Å². The lowest BCUT2D eigenvalue weighted by Crippen LogP contribution is -1.84. The zero-order valence-corrected chi connectivity index (χ0v) is 7.29. The first-order valence-electron chi connectivity index (χ1n) is 3.05. The molecular formula is C6H3ClFN3S. The standard InChI is InChI=1S/C6H3ClFN3S/c7-2-1-3(8)10-5-4(2)12-6(9)11-5/h1H,(H2,9,10,11). The second kappa shape index (κ2) is 2.53. The van der Waals surface area contributed by atoms with E-state index in [1.54, 1.807) is 0 Å². The maximum absolute atomic E-state index is 12.6. The van der Waals surface area contributed by atoms with Gasteiger partial charge in [-0.25, -0.2) is 4.98 Å². The number of nitrogens with two attached hydrogens (primary N) is 1. The van der Waals surface area contributed by atoms with Crippen LogP contribution in [0.1, 0.15) is 0 Å². The first-order valence-corrected chi connectivity index (χ1v) is 4.24. The topological polar surface area (TPSA) is 51.8 Å². The number of thiazole rings is 1. The average molecular weight is 204 g/mol. The quantitative estimate of drug-likeness (QED) is 0.667. The van der Waals surface area contributed by atoms with Crippen molar-refractivity contribution in [3.05, 3.63) is 17.0 Å². The number of aromatic nitrogens is 2. The van der Waals surface area contributed by atoms with Crippen LogP contribution in [-0.2, 0) is 0 Å². The van der Waals surface area contributed by atoms with Crippen molar-refractivity contribution in [2.45, 2.75) is 0 Å². The van der Waals surface area contributed by atoms with Crippen LogP contribution in [0.15, 0.2) is 6.07 Å². The van der Waals surface area contributed by atoms with Crippen molar-refractivity contribution in [2.24, 2.45) is 0 Å². The fourth-order valence-electron chi connectivity index (χ4n) is 0.863. The van der Waals surface area contributed by atoms with Gasteiger partial charge in [0, 0.05) is 6.07 Å². The van der Waals surface area contributed by atoms with Crippen molar-refractivity contribution >= 4 is 38.4 Å². The fraction of sp³-hybridized carbons (Fsp3) is 0. The Bertz CT molecular complexity index is 442. The zero-order valence-electron chi connectivity index (χ0n) is 5.71. The molecule has 62 valence electrons. The molecule has 0 spiro atoms. The van der Waals surface area contributed by atoms with E-state index in [-0.39, 0.29) is 5.65 Å². The molecule has 2 N–H and O–H groups in total. The normalized spacial score (nSPS) is 10.8. The van der Waals surface area contributed by atoms with Gasteiger partial charge in [-0.3, -0.25) is 0 Å². The number of halogens is 2. The average Bonchev–Trinajstić information content (AvgIpc) is 2.29. The highest BCUT2D eigenvalue weighted by atomic mass is 35.5. The Kier molecular flexibility index (Phi) is 1.62. The van der Waals surface area contributed by atoms with Gasteiger partial charge in [0.15, 0.2) is 10.8 Å². The zero-order chi connectivity index (χ0) is 8.72. The van der Waals surface area contributed by atoms with Crippen LogP contribution >= 0.6 is 22.9 Å². The van der Waals surface area contributed by atoms with Crippen LogP contribution in [0.2, 0.25) is 5.02 Å². The lowest BCUT2D eigenvalue weighted by molar-refractivity contribution is 0.588. The summed E-state index contributed by atoms with van der Waals surface area (Å²) in [4.78, 5) is 7.32. The first kappa shape index (κ1) is 7.70. The second-order valence-corrected chi connectivity index (χ2v) is 3.57. The number of hydrogen-bond donors (Lipinski definition) is 1. The van der Waals surface area contributed by atoms with Crippen molar-refractivity contribution in [3.63, 3.8) is 0 Å². The Morgan fingerprint density at radius 2 is 2.25 bits per heavy atom. The van der Waals surface area contributed by atoms with Crippen molar-refractivity contribution in [1.29, 1.82) is 0 Å². The number of rotatable bonds is 0. The maximum atomic E-state index is 12.6. The third-order valence-corrected chi connectivity index (χ3v) is 2.62. The Morgan fingerprint density at radius 3 is 3.00 bits per heavy atom. The summed E-state index contributed by atoms with van der Waals surface area (Å²) in [7, 11) is 0. The highest BCUT2D eigenvalue weighted by molar-refractivity contribution is 7.22. The van der Waals surface area contributed by atoms with Gasteiger partial charge in [-0.1, -0.05) is 22.9 Å². The van der Waals surface area contributed by atoms with E-state index in [1.807, 2.05) is 0 Å². The molecule has 0 saturated carbocycles. The van der Waals surface area contributed by atoms with Gasteiger partial charge in [-0.15, -0.1) is 0 Å². The van der Waals surface area contributed by atoms with Crippen molar-refractivity contribution in [2.75, 3.05) is 5.73 Å². The van der Waals surface area contributed by atoms with Crippen LogP contribution in [0, 0.1) is 5.95 Å². The molecule has 2 aromatic rings. The van der Waals surface area contributed by atoms with Gasteiger partial charge in [0.25, 0.3) is 0 Å². The lowest BCUT2D eigenvalue weighted by Gasteiger charge is -1.90. The maximum Gasteiger partial charge on any atom is 0.216 e. The van der Waals surface area contributed by atoms with E-state index in [0.717, 1.165) is 6.07 Å². The van der Waals surface area contributed by atoms with Gasteiger partial charge in [-0.05, 0) is 0 Å². The molecule has 0 aliphatic carbocycles. The summed E-state index contributed by atoms with van der Waals surface area (Å²) in [5, 5.41) is 0.636. The highest BCUT2D eigenvalue weighted by Crippen LogP contribution is 2.29. The molecule has 0 unspecified atom stereocenters. The van der Waals surface area contributed by atoms with Crippen LogP contribution in [0.3, 0.4) is 0 Å². The largest absolute Gasteiger partial charge is 0.375 e. The van der Waals surface area contributed by atoms with E-state index in [2.05, 4.69) is 9.97 Å². The van der Waals surface area contributed by atoms with E-state index in [9.17, 15) is 4.39 Å². The van der Waals surface area contributed by atoms with Crippen LogP contribution in [0.5, 0.6) is 0 Å². The lowest BCUT2D eigenvalue weighted by atomic mass is 10.5. The van der Waals surface area contributed by atoms with Crippen molar-refractivity contribution < 1.29 is 4.39 Å². The van der Waals surface area contributed by atoms with Gasteiger partial charge in [0.05, 0.1) is 9.72 Å². The molecule has 2 rings (SSSR count). The predicted octanol–water partition coefficient (Wildman–Crippen LogP) is 2.07. The molecule has 12 heavy (non-hydrogen) atoms. The third kappa shape index (κ3) is 1.11. The second-order valence-electron chi connectivity index (χ2n) is 2.13. The van der Waals surface area contributed by atoms with Crippen molar-refractivity contribution in [3.8, 4) is 0 Å². The molecule has 0 radical (unpaired) electrons. The highest BCUT2D eigenvalue weighted by Gasteiger charge is 2.08. The molecule has 0 fully saturated rings. The number of anilines is 1. The third-order valence-electron chi connectivity index (χ3n) is 1.30. The predicted molar refractivity (Wildman–Crippen MR) is 46.8 cm³/mol. The Morgan fingerprint density at radius 1 is 1.50 bits per heavy atom. The molecule has 6 heteroatoms. The minimum absolute atomic E-state index is 0.266. The molecule has 0 amide bonds. The van der Waals surface area contributed by atoms with Crippen LogP contribution < -0.4 is 5.73 Å². The summed E-state index contributed by atoms with van der Waals surface area (Å²) >= 11 is 6.90. The number of nitrogens with zero attached hydrogens (tertiary/aromatic N) is 2. The Labute approximate surface area is 76.0 Å². The molecular weight excluding hydrogens is 201 g/mol. The molecule has 0 aromatic carbocycles. The molecule has 0 aliphatic heterocycles. The molecule has 2 aromatic heterocycles. The molecule has 0 saturated heterocycles. The summed E-state index contributed by atoms with van der Waals surface area (Å²) in [5.41, 5.74) is 5.66. The number of nitrogen functional groups attached to an aromatic ring is 1. The summed E-state index contributed by atoms with van der Waals surface area (Å²) in [6.45, 7) is 0. The fourth-order valence-corrected chi connectivity index (χ4v) is 1.83. The van der Waals surface area contributed by atoms with Gasteiger partial charge in [0.2, 0.25) is 5.95 Å². The van der Waals surface area contributed by atoms with E-state index in [4.69, 9.17) is 17.3 Å². The summed E-state index contributed by atoms with van der Waals surface area (Å²) in [6, 6.07) is 1.14. The summed E-state index contributed by atoms with van der Waals surface area (Å²) in [5.74, 6) is -0.641. The van der Waals surface area contributed by atoms with Crippen LogP contribution in [0.4, 0.5) is 9.52 Å². The molecule has 0 atom stereocenters. The Hall–Kier alpha value is -0.940. The first-order chi connectivity index (χ1) is 5.66. The van der Waals surface area contributed by atoms with Gasteiger partial charge >= 0.3 is 0 Å². The molecule has 3 nitrogen and oxygen atoms in total. The molecule has 2 heterocycles. The van der Waals surface area contributed by atoms with E-state index >= 15 is 0 Å². The molecule has 0 aliphatic rings. The van der Waals surface area contributed by atoms with Crippen molar-refractivity contribution in [1.82, 2.24) is 9.97 Å². The SMILES string of the molecule is Nc1nc2nc(F)cc(Cl)c2s1. The summed E-state index contributed by atoms with van der Waals surface area (Å²) < 4.78 is 13.3. The van der Waals surface area contributed by atoms with Crippen LogP contribution in [-0.4, -0.2) is 9.97 Å². The smallest absolute Gasteiger partial charge is 0.216 e. The summed E-state index contributed by atoms with van der Waals surface area (Å²) in [6.07, 6.45) is 0. The number of hydrogen-bond acceptors (Lipinski definition) is 4. The van der Waals surface area contributed by atoms with Gasteiger partial charge in [-0.2, -0.15) is 9.37 Å². The number of pyridine rings is 1.